The molecule has 1 aliphatic rings. The summed E-state index contributed by atoms with van der Waals surface area (Å²) >= 11 is 0. The normalized spacial score (nSPS) is 17.7. The second kappa shape index (κ2) is 6.00. The number of nitrogens with two attached hydrogens (primary N) is 1. The van der Waals surface area contributed by atoms with Gasteiger partial charge in [0.2, 0.25) is 0 Å². The molecule has 1 heterocycles. The molecule has 1 aromatic carbocycles. The molecule has 0 aliphatic carbocycles. The van der Waals surface area contributed by atoms with Gasteiger partial charge in [0.25, 0.3) is 0 Å². The van der Waals surface area contributed by atoms with E-state index in [1.54, 1.807) is 0 Å². The fraction of sp³-hybridized carbons (Fsp3) is 0.429. The lowest BCUT2D eigenvalue weighted by Crippen LogP contribution is -2.60. The molecule has 2 rings (SSSR count). The van der Waals surface area contributed by atoms with Crippen LogP contribution in [0.1, 0.15) is 12.5 Å². The van der Waals surface area contributed by atoms with E-state index in [2.05, 4.69) is 0 Å². The number of allylic oxidation sites excluding steroid dienone is 1. The molecule has 0 unspecified atom stereocenters. The maximum absolute atomic E-state index is 5.92. The van der Waals surface area contributed by atoms with Crippen molar-refractivity contribution in [1.29, 1.82) is 0 Å². The maximum Gasteiger partial charge on any atom is 0.189 e. The summed E-state index contributed by atoms with van der Waals surface area (Å²) in [6, 6.07) is 7.84. The second-order valence-corrected chi connectivity index (χ2v) is 4.53. The van der Waals surface area contributed by atoms with E-state index in [1.165, 1.54) is 0 Å². The van der Waals surface area contributed by atoms with E-state index in [1.807, 2.05) is 43.3 Å². The molecule has 0 amide bonds. The Morgan fingerprint density at radius 1 is 1.33 bits per heavy atom. The van der Waals surface area contributed by atoms with E-state index in [0.29, 0.717) is 19.8 Å². The highest BCUT2D eigenvalue weighted by molar-refractivity contribution is 5.50. The summed E-state index contributed by atoms with van der Waals surface area (Å²) in [7, 11) is 0. The van der Waals surface area contributed by atoms with Gasteiger partial charge in [-0.2, -0.15) is 0 Å². The van der Waals surface area contributed by atoms with Gasteiger partial charge in [-0.05, 0) is 24.6 Å². The number of ether oxygens (including phenoxy) is 3. The summed E-state index contributed by atoms with van der Waals surface area (Å²) in [5, 5.41) is 0. The molecule has 98 valence electrons. The molecule has 4 nitrogen and oxygen atoms in total. The summed E-state index contributed by atoms with van der Waals surface area (Å²) in [6.07, 6.45) is 4.04. The van der Waals surface area contributed by atoms with Crippen LogP contribution < -0.4 is 10.5 Å². The van der Waals surface area contributed by atoms with Crippen molar-refractivity contribution in [3.63, 3.8) is 0 Å². The van der Waals surface area contributed by atoms with Crippen LogP contribution in [-0.2, 0) is 9.47 Å². The average Bonchev–Trinajstić information content (AvgIpc) is 2.35. The van der Waals surface area contributed by atoms with Crippen LogP contribution in [-0.4, -0.2) is 32.2 Å². The zero-order valence-corrected chi connectivity index (χ0v) is 10.6. The van der Waals surface area contributed by atoms with Gasteiger partial charge in [-0.1, -0.05) is 24.3 Å². The predicted octanol–water partition coefficient (Wildman–Crippen LogP) is 1.80. The molecule has 0 saturated carbocycles. The lowest BCUT2D eigenvalue weighted by molar-refractivity contribution is -0.109. The highest BCUT2D eigenvalue weighted by Gasteiger charge is 2.34. The van der Waals surface area contributed by atoms with Crippen molar-refractivity contribution < 1.29 is 14.2 Å². The largest absolute Gasteiger partial charge is 0.468 e. The monoisotopic (exact) mass is 249 g/mol. The van der Waals surface area contributed by atoms with E-state index in [4.69, 9.17) is 19.9 Å². The minimum atomic E-state index is -0.320. The fourth-order valence-corrected chi connectivity index (χ4v) is 1.67. The standard InChI is InChI=1S/C14H19NO3/c1-2-3-12-4-6-13(7-5-12)18-11-17-10-14(15)8-16-9-14/h2-7H,8-11,15H2,1H3/b3-2+. The molecular formula is C14H19NO3. The van der Waals surface area contributed by atoms with Gasteiger partial charge in [0.05, 0.1) is 25.4 Å². The molecule has 1 saturated heterocycles. The lowest BCUT2D eigenvalue weighted by atomic mass is 10.0. The van der Waals surface area contributed by atoms with Crippen LogP contribution in [0, 0.1) is 0 Å². The topological polar surface area (TPSA) is 53.7 Å². The summed E-state index contributed by atoms with van der Waals surface area (Å²) in [5.41, 5.74) is 6.75. The minimum Gasteiger partial charge on any atom is -0.468 e. The zero-order valence-electron chi connectivity index (χ0n) is 10.6. The van der Waals surface area contributed by atoms with Crippen LogP contribution in [0.25, 0.3) is 6.08 Å². The Labute approximate surface area is 107 Å². The lowest BCUT2D eigenvalue weighted by Gasteiger charge is -2.37. The van der Waals surface area contributed by atoms with Gasteiger partial charge in [0, 0.05) is 0 Å². The smallest absolute Gasteiger partial charge is 0.189 e. The average molecular weight is 249 g/mol. The van der Waals surface area contributed by atoms with Gasteiger partial charge >= 0.3 is 0 Å². The van der Waals surface area contributed by atoms with E-state index in [9.17, 15) is 0 Å². The molecule has 0 aromatic heterocycles. The summed E-state index contributed by atoms with van der Waals surface area (Å²) in [4.78, 5) is 0. The Bertz CT molecular complexity index is 396. The highest BCUT2D eigenvalue weighted by atomic mass is 16.7. The molecule has 0 atom stereocenters. The Balaban J connectivity index is 1.69. The molecule has 2 N–H and O–H groups in total. The molecule has 0 radical (unpaired) electrons. The van der Waals surface area contributed by atoms with Crippen molar-refractivity contribution in [3.05, 3.63) is 35.9 Å². The van der Waals surface area contributed by atoms with Gasteiger partial charge in [0.1, 0.15) is 5.75 Å². The van der Waals surface area contributed by atoms with Crippen molar-refractivity contribution in [2.45, 2.75) is 12.5 Å². The first-order chi connectivity index (χ1) is 8.72. The Morgan fingerprint density at radius 2 is 2.06 bits per heavy atom. The molecule has 4 heteroatoms. The first-order valence-electron chi connectivity index (χ1n) is 6.02. The third-order valence-electron chi connectivity index (χ3n) is 2.72. The van der Waals surface area contributed by atoms with Crippen molar-refractivity contribution >= 4 is 6.08 Å². The number of benzene rings is 1. The quantitative estimate of drug-likeness (QED) is 0.617. The molecule has 1 aromatic rings. The van der Waals surface area contributed by atoms with Gasteiger partial charge in [-0.3, -0.25) is 0 Å². The van der Waals surface area contributed by atoms with Crippen molar-refractivity contribution in [3.8, 4) is 5.75 Å². The van der Waals surface area contributed by atoms with Crippen LogP contribution >= 0.6 is 0 Å². The number of hydrogen-bond donors (Lipinski definition) is 1. The van der Waals surface area contributed by atoms with Gasteiger partial charge in [0.15, 0.2) is 6.79 Å². The number of rotatable bonds is 6. The van der Waals surface area contributed by atoms with Crippen molar-refractivity contribution in [2.24, 2.45) is 5.73 Å². The Morgan fingerprint density at radius 3 is 2.61 bits per heavy atom. The third kappa shape index (κ3) is 3.57. The van der Waals surface area contributed by atoms with E-state index >= 15 is 0 Å². The summed E-state index contributed by atoms with van der Waals surface area (Å²) < 4.78 is 15.9. The molecule has 1 fully saturated rings. The van der Waals surface area contributed by atoms with Crippen LogP contribution in [0.3, 0.4) is 0 Å². The molecular weight excluding hydrogens is 230 g/mol. The minimum absolute atomic E-state index is 0.210. The van der Waals surface area contributed by atoms with Crippen LogP contribution in [0.5, 0.6) is 5.75 Å². The molecule has 0 bridgehead atoms. The van der Waals surface area contributed by atoms with Crippen molar-refractivity contribution in [1.82, 2.24) is 0 Å². The van der Waals surface area contributed by atoms with Gasteiger partial charge < -0.3 is 19.9 Å². The third-order valence-corrected chi connectivity index (χ3v) is 2.72. The molecule has 0 spiro atoms. The fourth-order valence-electron chi connectivity index (χ4n) is 1.67. The van der Waals surface area contributed by atoms with Crippen LogP contribution in [0.4, 0.5) is 0 Å². The van der Waals surface area contributed by atoms with Gasteiger partial charge in [-0.25, -0.2) is 0 Å². The molecule has 18 heavy (non-hydrogen) atoms. The summed E-state index contributed by atoms with van der Waals surface area (Å²) in [6.45, 7) is 3.78. The summed E-state index contributed by atoms with van der Waals surface area (Å²) in [5.74, 6) is 0.791. The first kappa shape index (κ1) is 13.1. The number of hydrogen-bond acceptors (Lipinski definition) is 4. The van der Waals surface area contributed by atoms with Gasteiger partial charge in [-0.15, -0.1) is 0 Å². The Hall–Kier alpha value is -1.36. The molecule has 1 aliphatic heterocycles. The van der Waals surface area contributed by atoms with Crippen LogP contribution in [0.15, 0.2) is 30.3 Å². The van der Waals surface area contributed by atoms with E-state index in [0.717, 1.165) is 11.3 Å². The maximum atomic E-state index is 5.92. The highest BCUT2D eigenvalue weighted by Crippen LogP contribution is 2.15. The van der Waals surface area contributed by atoms with Crippen LogP contribution in [0.2, 0.25) is 0 Å². The van der Waals surface area contributed by atoms with Crippen molar-refractivity contribution in [2.75, 3.05) is 26.6 Å². The first-order valence-corrected chi connectivity index (χ1v) is 6.02. The van der Waals surface area contributed by atoms with E-state index in [-0.39, 0.29) is 12.3 Å². The second-order valence-electron chi connectivity index (χ2n) is 4.53. The van der Waals surface area contributed by atoms with E-state index < -0.39 is 0 Å². The SMILES string of the molecule is C/C=C/c1ccc(OCOCC2(N)COC2)cc1. The Kier molecular flexibility index (Phi) is 4.36. The zero-order chi connectivity index (χ0) is 12.8. The predicted molar refractivity (Wildman–Crippen MR) is 70.3 cm³/mol.